The van der Waals surface area contributed by atoms with Gasteiger partial charge in [-0.25, -0.2) is 0 Å². The number of nitrogens with one attached hydrogen (secondary N) is 1. The van der Waals surface area contributed by atoms with Crippen LogP contribution in [0.4, 0.5) is 0 Å². The zero-order valence-electron chi connectivity index (χ0n) is 13.6. The largest absolute Gasteiger partial charge is 0.468 e. The van der Waals surface area contributed by atoms with Crippen LogP contribution in [0.25, 0.3) is 0 Å². The van der Waals surface area contributed by atoms with Crippen LogP contribution in [0.1, 0.15) is 53.9 Å². The molecule has 0 aliphatic heterocycles. The highest BCUT2D eigenvalue weighted by Crippen LogP contribution is 2.17. The maximum absolute atomic E-state index is 11.9. The molecule has 0 saturated heterocycles. The van der Waals surface area contributed by atoms with Gasteiger partial charge in [0.2, 0.25) is 0 Å². The van der Waals surface area contributed by atoms with E-state index >= 15 is 0 Å². The second-order valence-corrected chi connectivity index (χ2v) is 5.61. The summed E-state index contributed by atoms with van der Waals surface area (Å²) in [6.45, 7) is 13.7. The minimum absolute atomic E-state index is 0.163. The summed E-state index contributed by atoms with van der Waals surface area (Å²) in [4.78, 5) is 14.3. The lowest BCUT2D eigenvalue weighted by molar-refractivity contribution is -0.148. The van der Waals surface area contributed by atoms with Gasteiger partial charge in [0.1, 0.15) is 5.54 Å². The topological polar surface area (TPSA) is 41.6 Å². The predicted molar refractivity (Wildman–Crippen MR) is 80.3 cm³/mol. The maximum Gasteiger partial charge on any atom is 0.325 e. The van der Waals surface area contributed by atoms with Crippen LogP contribution >= 0.6 is 0 Å². The van der Waals surface area contributed by atoms with Crippen molar-refractivity contribution in [3.05, 3.63) is 0 Å². The number of ether oxygens (including phenoxy) is 1. The highest BCUT2D eigenvalue weighted by molar-refractivity contribution is 5.80. The third-order valence-electron chi connectivity index (χ3n) is 3.54. The van der Waals surface area contributed by atoms with Crippen LogP contribution < -0.4 is 5.32 Å². The Balaban J connectivity index is 4.24. The summed E-state index contributed by atoms with van der Waals surface area (Å²) in [5.74, 6) is -0.163. The van der Waals surface area contributed by atoms with Gasteiger partial charge >= 0.3 is 5.97 Å². The summed E-state index contributed by atoms with van der Waals surface area (Å²) < 4.78 is 4.92. The monoisotopic (exact) mass is 272 g/mol. The number of nitrogens with zero attached hydrogens (tertiary/aromatic N) is 1. The first-order chi connectivity index (χ1) is 8.89. The molecule has 0 aliphatic carbocycles. The molecule has 0 aliphatic rings. The van der Waals surface area contributed by atoms with Gasteiger partial charge in [0, 0.05) is 6.04 Å². The van der Waals surface area contributed by atoms with Crippen LogP contribution in [0.15, 0.2) is 0 Å². The van der Waals surface area contributed by atoms with Gasteiger partial charge in [-0.2, -0.15) is 0 Å². The Morgan fingerprint density at radius 3 is 2.26 bits per heavy atom. The van der Waals surface area contributed by atoms with Gasteiger partial charge in [-0.05, 0) is 59.7 Å². The van der Waals surface area contributed by atoms with Gasteiger partial charge < -0.3 is 9.64 Å². The van der Waals surface area contributed by atoms with E-state index in [0.29, 0.717) is 0 Å². The Hall–Kier alpha value is -0.610. The summed E-state index contributed by atoms with van der Waals surface area (Å²) in [5, 5.41) is 3.33. The van der Waals surface area contributed by atoms with Crippen LogP contribution in [-0.4, -0.2) is 49.2 Å². The van der Waals surface area contributed by atoms with Gasteiger partial charge in [0.15, 0.2) is 0 Å². The van der Waals surface area contributed by atoms with Crippen molar-refractivity contribution >= 4 is 5.97 Å². The van der Waals surface area contributed by atoms with E-state index in [4.69, 9.17) is 4.74 Å². The molecule has 1 unspecified atom stereocenters. The van der Waals surface area contributed by atoms with Crippen molar-refractivity contribution in [2.45, 2.75) is 65.5 Å². The Morgan fingerprint density at radius 2 is 1.84 bits per heavy atom. The SMILES string of the molecule is CCN(CC)CCCCC(C)(NC(C)C)C(=O)OC. The average molecular weight is 272 g/mol. The van der Waals surface area contributed by atoms with Gasteiger partial charge in [-0.1, -0.05) is 13.8 Å². The molecule has 0 aromatic heterocycles. The molecule has 0 rings (SSSR count). The highest BCUT2D eigenvalue weighted by atomic mass is 16.5. The van der Waals surface area contributed by atoms with Crippen molar-refractivity contribution in [3.8, 4) is 0 Å². The van der Waals surface area contributed by atoms with E-state index in [-0.39, 0.29) is 12.0 Å². The quantitative estimate of drug-likeness (QED) is 0.490. The summed E-state index contributed by atoms with van der Waals surface area (Å²) in [7, 11) is 1.46. The molecule has 0 radical (unpaired) electrons. The molecule has 0 aromatic carbocycles. The fourth-order valence-electron chi connectivity index (χ4n) is 2.45. The number of unbranched alkanes of at least 4 members (excludes halogenated alkanes) is 1. The first kappa shape index (κ1) is 18.4. The summed E-state index contributed by atoms with van der Waals surface area (Å²) in [5.41, 5.74) is -0.563. The number of esters is 1. The molecular weight excluding hydrogens is 240 g/mol. The highest BCUT2D eigenvalue weighted by Gasteiger charge is 2.33. The fourth-order valence-corrected chi connectivity index (χ4v) is 2.45. The minimum Gasteiger partial charge on any atom is -0.468 e. The lowest BCUT2D eigenvalue weighted by Crippen LogP contribution is -2.53. The molecule has 19 heavy (non-hydrogen) atoms. The summed E-state index contributed by atoms with van der Waals surface area (Å²) >= 11 is 0. The maximum atomic E-state index is 11.9. The summed E-state index contributed by atoms with van der Waals surface area (Å²) in [6, 6.07) is 0.270. The van der Waals surface area contributed by atoms with Gasteiger partial charge in [0.05, 0.1) is 7.11 Å². The zero-order valence-corrected chi connectivity index (χ0v) is 13.6. The van der Waals surface area contributed by atoms with Crippen LogP contribution in [0.2, 0.25) is 0 Å². The van der Waals surface area contributed by atoms with E-state index in [2.05, 4.69) is 37.9 Å². The summed E-state index contributed by atoms with van der Waals surface area (Å²) in [6.07, 6.45) is 2.97. The average Bonchev–Trinajstić information content (AvgIpc) is 2.37. The van der Waals surface area contributed by atoms with Gasteiger partial charge in [-0.3, -0.25) is 10.1 Å². The fraction of sp³-hybridized carbons (Fsp3) is 0.933. The molecule has 4 nitrogen and oxygen atoms in total. The lowest BCUT2D eigenvalue weighted by atomic mass is 9.93. The normalized spacial score (nSPS) is 14.7. The van der Waals surface area contributed by atoms with Gasteiger partial charge in [0.25, 0.3) is 0 Å². The number of rotatable bonds is 10. The number of hydrogen-bond donors (Lipinski definition) is 1. The van der Waals surface area contributed by atoms with Crippen LogP contribution in [-0.2, 0) is 9.53 Å². The smallest absolute Gasteiger partial charge is 0.325 e. The first-order valence-corrected chi connectivity index (χ1v) is 7.48. The van der Waals surface area contributed by atoms with Crippen molar-refractivity contribution in [1.82, 2.24) is 10.2 Å². The van der Waals surface area contributed by atoms with Crippen LogP contribution in [0, 0.1) is 0 Å². The number of carbonyl (C=O) groups is 1. The molecule has 1 atom stereocenters. The molecule has 114 valence electrons. The Kier molecular flexibility index (Phi) is 9.02. The van der Waals surface area contributed by atoms with E-state index in [0.717, 1.165) is 38.9 Å². The van der Waals surface area contributed by atoms with Crippen molar-refractivity contribution < 1.29 is 9.53 Å². The molecule has 0 spiro atoms. The van der Waals surface area contributed by atoms with E-state index < -0.39 is 5.54 Å². The van der Waals surface area contributed by atoms with Crippen LogP contribution in [0.5, 0.6) is 0 Å². The van der Waals surface area contributed by atoms with E-state index in [1.807, 2.05) is 6.92 Å². The number of carbonyl (C=O) groups excluding carboxylic acids is 1. The molecule has 0 saturated carbocycles. The van der Waals surface area contributed by atoms with Crippen molar-refractivity contribution in [2.24, 2.45) is 0 Å². The molecule has 0 fully saturated rings. The Morgan fingerprint density at radius 1 is 1.26 bits per heavy atom. The van der Waals surface area contributed by atoms with Crippen molar-refractivity contribution in [3.63, 3.8) is 0 Å². The van der Waals surface area contributed by atoms with E-state index in [9.17, 15) is 4.79 Å². The lowest BCUT2D eigenvalue weighted by Gasteiger charge is -2.30. The molecule has 0 bridgehead atoms. The van der Waals surface area contributed by atoms with Crippen LogP contribution in [0.3, 0.4) is 0 Å². The standard InChI is InChI=1S/C15H32N2O2/c1-7-17(8-2)12-10-9-11-15(5,14(18)19-6)16-13(3)4/h13,16H,7-12H2,1-6H3. The number of hydrogen-bond acceptors (Lipinski definition) is 4. The predicted octanol–water partition coefficient (Wildman–Crippen LogP) is 2.43. The molecule has 1 N–H and O–H groups in total. The number of methoxy groups -OCH3 is 1. The van der Waals surface area contributed by atoms with E-state index in [1.165, 1.54) is 7.11 Å². The molecule has 0 amide bonds. The molecule has 4 heteroatoms. The second kappa shape index (κ2) is 9.32. The van der Waals surface area contributed by atoms with Crippen molar-refractivity contribution in [1.29, 1.82) is 0 Å². The molecule has 0 aromatic rings. The minimum atomic E-state index is -0.563. The second-order valence-electron chi connectivity index (χ2n) is 5.61. The third kappa shape index (κ3) is 6.92. The molecular formula is C15H32N2O2. The van der Waals surface area contributed by atoms with Gasteiger partial charge in [-0.15, -0.1) is 0 Å². The third-order valence-corrected chi connectivity index (χ3v) is 3.54. The Labute approximate surface area is 118 Å². The van der Waals surface area contributed by atoms with Crippen molar-refractivity contribution in [2.75, 3.05) is 26.7 Å². The Bertz CT molecular complexity index is 253. The zero-order chi connectivity index (χ0) is 14.9. The van der Waals surface area contributed by atoms with E-state index in [1.54, 1.807) is 0 Å². The molecule has 0 heterocycles. The first-order valence-electron chi connectivity index (χ1n) is 7.48.